The number of para-hydroxylation sites is 1. The van der Waals surface area contributed by atoms with Crippen LogP contribution in [0.15, 0.2) is 41.7 Å². The van der Waals surface area contributed by atoms with Crippen molar-refractivity contribution in [3.63, 3.8) is 0 Å². The number of pyridine rings is 1. The van der Waals surface area contributed by atoms with Crippen molar-refractivity contribution in [2.45, 2.75) is 25.6 Å². The van der Waals surface area contributed by atoms with Gasteiger partial charge < -0.3 is 20.6 Å². The number of aromatic nitrogens is 1. The molecule has 1 atom stereocenters. The van der Waals surface area contributed by atoms with E-state index in [1.807, 2.05) is 0 Å². The summed E-state index contributed by atoms with van der Waals surface area (Å²) in [7, 11) is -1.26. The van der Waals surface area contributed by atoms with Crippen molar-refractivity contribution in [2.24, 2.45) is 5.16 Å². The molecule has 0 bridgehead atoms. The number of anilines is 1. The molecule has 1 aromatic carbocycles. The molecule has 8 nitrogen and oxygen atoms in total. The highest BCUT2D eigenvalue weighted by Crippen LogP contribution is 2.36. The van der Waals surface area contributed by atoms with Gasteiger partial charge in [0.15, 0.2) is 17.3 Å². The SMILES string of the molecule is CC(=O)c1cccc2c1OB(O)[C@@H](CC(=O)/C(=N\O)c1ccnc(N)c1)C2. The van der Waals surface area contributed by atoms with Crippen LogP contribution in [0.5, 0.6) is 5.75 Å². The van der Waals surface area contributed by atoms with Gasteiger partial charge in [-0.3, -0.25) is 9.59 Å². The number of oxime groups is 1. The number of Topliss-reactive ketones (excluding diaryl/α,β-unsaturated/α-hetero) is 2. The summed E-state index contributed by atoms with van der Waals surface area (Å²) >= 11 is 0. The normalized spacial score (nSPS) is 16.4. The second-order valence-corrected chi connectivity index (χ2v) is 6.37. The van der Waals surface area contributed by atoms with Crippen molar-refractivity contribution in [3.8, 4) is 5.75 Å². The first-order valence-electron chi connectivity index (χ1n) is 8.35. The Labute approximate surface area is 155 Å². The Morgan fingerprint density at radius 3 is 2.85 bits per heavy atom. The molecule has 4 N–H and O–H groups in total. The average molecular weight is 367 g/mol. The Bertz CT molecular complexity index is 931. The van der Waals surface area contributed by atoms with Gasteiger partial charge in [-0.1, -0.05) is 17.3 Å². The predicted octanol–water partition coefficient (Wildman–Crippen LogP) is 1.49. The molecule has 27 heavy (non-hydrogen) atoms. The van der Waals surface area contributed by atoms with Crippen LogP contribution in [0.1, 0.15) is 34.8 Å². The first kappa shape index (κ1) is 18.6. The number of nitrogens with two attached hydrogens (primary N) is 1. The van der Waals surface area contributed by atoms with Gasteiger partial charge >= 0.3 is 7.12 Å². The van der Waals surface area contributed by atoms with E-state index >= 15 is 0 Å². The highest BCUT2D eigenvalue weighted by Gasteiger charge is 2.38. The third-order valence-electron chi connectivity index (χ3n) is 4.47. The fourth-order valence-corrected chi connectivity index (χ4v) is 3.14. The lowest BCUT2D eigenvalue weighted by molar-refractivity contribution is -0.113. The topological polar surface area (TPSA) is 135 Å². The number of hydrogen-bond acceptors (Lipinski definition) is 8. The van der Waals surface area contributed by atoms with Crippen LogP contribution in [-0.2, 0) is 11.2 Å². The van der Waals surface area contributed by atoms with E-state index in [4.69, 9.17) is 10.4 Å². The first-order chi connectivity index (χ1) is 12.9. The zero-order valence-corrected chi connectivity index (χ0v) is 14.6. The number of hydrogen-bond donors (Lipinski definition) is 3. The van der Waals surface area contributed by atoms with E-state index in [1.54, 1.807) is 18.2 Å². The van der Waals surface area contributed by atoms with Crippen LogP contribution >= 0.6 is 0 Å². The highest BCUT2D eigenvalue weighted by molar-refractivity contribution is 6.51. The summed E-state index contributed by atoms with van der Waals surface area (Å²) in [5.41, 5.74) is 6.90. The van der Waals surface area contributed by atoms with Gasteiger partial charge in [0.25, 0.3) is 0 Å². The number of fused-ring (bicyclic) bond motifs is 1. The summed E-state index contributed by atoms with van der Waals surface area (Å²) in [5, 5.41) is 22.7. The Hall–Kier alpha value is -3.20. The third-order valence-corrected chi connectivity index (χ3v) is 4.47. The molecule has 138 valence electrons. The molecule has 0 saturated carbocycles. The van der Waals surface area contributed by atoms with Crippen LogP contribution in [0.3, 0.4) is 0 Å². The Morgan fingerprint density at radius 1 is 1.41 bits per heavy atom. The van der Waals surface area contributed by atoms with Gasteiger partial charge in [-0.05, 0) is 37.1 Å². The molecule has 0 unspecified atom stereocenters. The Kier molecular flexibility index (Phi) is 5.22. The number of nitrogens with zero attached hydrogens (tertiary/aromatic N) is 2. The minimum Gasteiger partial charge on any atom is -0.535 e. The van der Waals surface area contributed by atoms with Gasteiger partial charge in [0.1, 0.15) is 11.6 Å². The summed E-state index contributed by atoms with van der Waals surface area (Å²) in [5.74, 6) is -0.657. The molecule has 0 spiro atoms. The van der Waals surface area contributed by atoms with Crippen molar-refractivity contribution < 1.29 is 24.5 Å². The molecule has 0 fully saturated rings. The number of ketones is 2. The van der Waals surface area contributed by atoms with E-state index < -0.39 is 18.7 Å². The van der Waals surface area contributed by atoms with E-state index in [2.05, 4.69) is 10.1 Å². The zero-order chi connectivity index (χ0) is 19.6. The van der Waals surface area contributed by atoms with Gasteiger partial charge in [-0.2, -0.15) is 0 Å². The quantitative estimate of drug-likeness (QED) is 0.240. The molecule has 1 aliphatic rings. The summed E-state index contributed by atoms with van der Waals surface area (Å²) in [4.78, 5) is 28.2. The molecular weight excluding hydrogens is 349 g/mol. The van der Waals surface area contributed by atoms with E-state index in [9.17, 15) is 19.8 Å². The molecule has 0 amide bonds. The van der Waals surface area contributed by atoms with Crippen LogP contribution in [-0.4, -0.2) is 39.6 Å². The lowest BCUT2D eigenvalue weighted by Gasteiger charge is -2.28. The van der Waals surface area contributed by atoms with Crippen LogP contribution in [0.25, 0.3) is 0 Å². The largest absolute Gasteiger partial charge is 0.535 e. The number of rotatable bonds is 5. The molecule has 0 radical (unpaired) electrons. The fraction of sp³-hybridized carbons (Fsp3) is 0.222. The molecule has 9 heteroatoms. The predicted molar refractivity (Wildman–Crippen MR) is 99.1 cm³/mol. The number of benzene rings is 1. The second-order valence-electron chi connectivity index (χ2n) is 6.37. The molecule has 0 saturated heterocycles. The molecule has 2 heterocycles. The first-order valence-corrected chi connectivity index (χ1v) is 8.35. The van der Waals surface area contributed by atoms with Crippen molar-refractivity contribution in [3.05, 3.63) is 53.2 Å². The van der Waals surface area contributed by atoms with Crippen LogP contribution in [0.2, 0.25) is 5.82 Å². The summed E-state index contributed by atoms with van der Waals surface area (Å²) in [6.07, 6.45) is 1.65. The zero-order valence-electron chi connectivity index (χ0n) is 14.6. The highest BCUT2D eigenvalue weighted by atomic mass is 16.5. The summed E-state index contributed by atoms with van der Waals surface area (Å²) < 4.78 is 5.53. The van der Waals surface area contributed by atoms with E-state index in [0.29, 0.717) is 23.3 Å². The van der Waals surface area contributed by atoms with Gasteiger partial charge in [0.05, 0.1) is 5.56 Å². The molecular formula is C18H18BN3O5. The van der Waals surface area contributed by atoms with Crippen LogP contribution in [0, 0.1) is 0 Å². The monoisotopic (exact) mass is 367 g/mol. The Balaban J connectivity index is 1.81. The lowest BCUT2D eigenvalue weighted by Crippen LogP contribution is -2.36. The van der Waals surface area contributed by atoms with Crippen molar-refractivity contribution in [2.75, 3.05) is 5.73 Å². The number of nitrogen functional groups attached to an aromatic ring is 1. The van der Waals surface area contributed by atoms with Crippen LogP contribution in [0.4, 0.5) is 5.82 Å². The van der Waals surface area contributed by atoms with Gasteiger partial charge in [-0.15, -0.1) is 0 Å². The smallest absolute Gasteiger partial charge is 0.526 e. The number of carbonyl (C=O) groups is 2. The lowest BCUT2D eigenvalue weighted by atomic mass is 9.64. The molecule has 2 aromatic rings. The minimum absolute atomic E-state index is 0.105. The van der Waals surface area contributed by atoms with Gasteiger partial charge in [0, 0.05) is 24.0 Å². The third kappa shape index (κ3) is 3.82. The maximum absolute atomic E-state index is 12.6. The summed E-state index contributed by atoms with van der Waals surface area (Å²) in [6, 6.07) is 8.08. The number of carbonyl (C=O) groups excluding carboxylic acids is 2. The molecule has 3 rings (SSSR count). The van der Waals surface area contributed by atoms with E-state index in [-0.39, 0.29) is 23.7 Å². The van der Waals surface area contributed by atoms with Crippen LogP contribution < -0.4 is 10.4 Å². The minimum atomic E-state index is -1.26. The molecule has 1 aliphatic heterocycles. The maximum Gasteiger partial charge on any atom is 0.526 e. The van der Waals surface area contributed by atoms with Crippen molar-refractivity contribution >= 4 is 30.2 Å². The average Bonchev–Trinajstić information content (AvgIpc) is 2.62. The molecule has 0 aliphatic carbocycles. The maximum atomic E-state index is 12.6. The molecule has 1 aromatic heterocycles. The van der Waals surface area contributed by atoms with Gasteiger partial charge in [0.2, 0.25) is 0 Å². The Morgan fingerprint density at radius 2 is 2.19 bits per heavy atom. The summed E-state index contributed by atoms with van der Waals surface area (Å²) in [6.45, 7) is 1.42. The van der Waals surface area contributed by atoms with E-state index in [1.165, 1.54) is 25.3 Å². The second kappa shape index (κ2) is 7.59. The van der Waals surface area contributed by atoms with Crippen molar-refractivity contribution in [1.29, 1.82) is 0 Å². The fourth-order valence-electron chi connectivity index (χ4n) is 3.14. The van der Waals surface area contributed by atoms with Gasteiger partial charge in [-0.25, -0.2) is 4.98 Å². The van der Waals surface area contributed by atoms with E-state index in [0.717, 1.165) is 5.56 Å². The van der Waals surface area contributed by atoms with Crippen molar-refractivity contribution in [1.82, 2.24) is 4.98 Å². The standard InChI is InChI=1S/C18H18BN3O5/c1-10(23)14-4-2-3-12-7-13(19(25)27-18(12)14)9-15(24)17(22-26)11-5-6-21-16(20)8-11/h2-6,8,13,25-26H,7,9H2,1H3,(H2,20,21)/b22-17-/t13-/m1/s1.